The van der Waals surface area contributed by atoms with Gasteiger partial charge in [-0.25, -0.2) is 4.79 Å². The van der Waals surface area contributed by atoms with Crippen molar-refractivity contribution in [2.24, 2.45) is 0 Å². The van der Waals surface area contributed by atoms with Crippen molar-refractivity contribution in [1.82, 2.24) is 0 Å². The standard InChI is InChI=1S/C19H18F3NO3S/c1-2-26-18(25)15-13-8-3-4-9-14(13)27-17(15)23-16(24)11-6-5-7-12(10-11)19(20,21)22/h5-7,10H,2-4,8-9H2,1H3,(H,23,24). The van der Waals surface area contributed by atoms with Gasteiger partial charge in [0.1, 0.15) is 5.00 Å². The van der Waals surface area contributed by atoms with E-state index in [0.29, 0.717) is 10.6 Å². The zero-order chi connectivity index (χ0) is 19.6. The Morgan fingerprint density at radius 1 is 1.22 bits per heavy atom. The van der Waals surface area contributed by atoms with Crippen molar-refractivity contribution in [3.05, 3.63) is 51.4 Å². The van der Waals surface area contributed by atoms with Crippen LogP contribution in [0.5, 0.6) is 0 Å². The highest BCUT2D eigenvalue weighted by Gasteiger charge is 2.31. The normalized spacial score (nSPS) is 13.8. The Balaban J connectivity index is 1.92. The Morgan fingerprint density at radius 3 is 2.67 bits per heavy atom. The van der Waals surface area contributed by atoms with Gasteiger partial charge in [-0.1, -0.05) is 6.07 Å². The van der Waals surface area contributed by atoms with Gasteiger partial charge in [-0.15, -0.1) is 11.3 Å². The molecular weight excluding hydrogens is 379 g/mol. The maximum atomic E-state index is 12.9. The minimum atomic E-state index is -4.53. The molecule has 4 nitrogen and oxygen atoms in total. The van der Waals surface area contributed by atoms with Crippen LogP contribution in [0.3, 0.4) is 0 Å². The molecule has 27 heavy (non-hydrogen) atoms. The first-order valence-corrected chi connectivity index (χ1v) is 9.43. The lowest BCUT2D eigenvalue weighted by Gasteiger charge is -2.12. The summed E-state index contributed by atoms with van der Waals surface area (Å²) in [5.74, 6) is -1.21. The van der Waals surface area contributed by atoms with Gasteiger partial charge in [-0.2, -0.15) is 13.2 Å². The van der Waals surface area contributed by atoms with Crippen LogP contribution in [0.25, 0.3) is 0 Å². The van der Waals surface area contributed by atoms with Gasteiger partial charge in [-0.05, 0) is 56.4 Å². The molecule has 2 aromatic rings. The van der Waals surface area contributed by atoms with E-state index in [2.05, 4.69) is 5.32 Å². The summed E-state index contributed by atoms with van der Waals surface area (Å²) < 4.78 is 43.7. The number of alkyl halides is 3. The molecule has 1 amide bonds. The van der Waals surface area contributed by atoms with E-state index in [1.54, 1.807) is 6.92 Å². The molecule has 0 unspecified atom stereocenters. The second-order valence-electron chi connectivity index (χ2n) is 6.17. The quantitative estimate of drug-likeness (QED) is 0.733. The van der Waals surface area contributed by atoms with Crippen LogP contribution >= 0.6 is 11.3 Å². The predicted molar refractivity (Wildman–Crippen MR) is 96.3 cm³/mol. The van der Waals surface area contributed by atoms with Gasteiger partial charge in [-0.3, -0.25) is 4.79 Å². The molecule has 0 atom stereocenters. The first kappa shape index (κ1) is 19.4. The second kappa shape index (κ2) is 7.72. The maximum absolute atomic E-state index is 12.9. The van der Waals surface area contributed by atoms with Crippen LogP contribution < -0.4 is 5.32 Å². The van der Waals surface area contributed by atoms with Crippen LogP contribution in [0.2, 0.25) is 0 Å². The number of fused-ring (bicyclic) bond motifs is 1. The maximum Gasteiger partial charge on any atom is 0.416 e. The summed E-state index contributed by atoms with van der Waals surface area (Å²) in [5, 5.41) is 2.95. The van der Waals surface area contributed by atoms with Crippen LogP contribution in [-0.2, 0) is 23.8 Å². The molecule has 0 bridgehead atoms. The molecule has 1 heterocycles. The fraction of sp³-hybridized carbons (Fsp3) is 0.368. The zero-order valence-electron chi connectivity index (χ0n) is 14.6. The first-order chi connectivity index (χ1) is 12.8. The van der Waals surface area contributed by atoms with Gasteiger partial charge in [0, 0.05) is 10.4 Å². The van der Waals surface area contributed by atoms with E-state index in [1.807, 2.05) is 0 Å². The topological polar surface area (TPSA) is 55.4 Å². The number of hydrogen-bond donors (Lipinski definition) is 1. The van der Waals surface area contributed by atoms with Crippen molar-refractivity contribution >= 4 is 28.2 Å². The molecule has 8 heteroatoms. The highest BCUT2D eigenvalue weighted by Crippen LogP contribution is 2.39. The summed E-state index contributed by atoms with van der Waals surface area (Å²) in [4.78, 5) is 25.9. The minimum Gasteiger partial charge on any atom is -0.462 e. The van der Waals surface area contributed by atoms with E-state index < -0.39 is 23.6 Å². The van der Waals surface area contributed by atoms with Crippen LogP contribution in [0.4, 0.5) is 18.2 Å². The number of amides is 1. The van der Waals surface area contributed by atoms with Gasteiger partial charge in [0.05, 0.1) is 17.7 Å². The van der Waals surface area contributed by atoms with Gasteiger partial charge < -0.3 is 10.1 Å². The average Bonchev–Trinajstić information content (AvgIpc) is 2.99. The van der Waals surface area contributed by atoms with Gasteiger partial charge >= 0.3 is 12.1 Å². The highest BCUT2D eigenvalue weighted by atomic mass is 32.1. The Bertz CT molecular complexity index is 874. The van der Waals surface area contributed by atoms with E-state index >= 15 is 0 Å². The van der Waals surface area contributed by atoms with Crippen molar-refractivity contribution in [2.45, 2.75) is 38.8 Å². The predicted octanol–water partition coefficient (Wildman–Crippen LogP) is 5.07. The number of rotatable bonds is 4. The molecule has 0 saturated carbocycles. The van der Waals surface area contributed by atoms with E-state index in [4.69, 9.17) is 4.74 Å². The van der Waals surface area contributed by atoms with Gasteiger partial charge in [0.25, 0.3) is 5.91 Å². The fourth-order valence-corrected chi connectivity index (χ4v) is 4.36. The van der Waals surface area contributed by atoms with E-state index in [0.717, 1.165) is 48.3 Å². The van der Waals surface area contributed by atoms with Crippen molar-refractivity contribution in [3.63, 3.8) is 0 Å². The Kier molecular flexibility index (Phi) is 5.55. The van der Waals surface area contributed by atoms with Crippen LogP contribution in [-0.4, -0.2) is 18.5 Å². The molecule has 0 spiro atoms. The molecule has 1 aromatic carbocycles. The molecule has 0 aliphatic heterocycles. The lowest BCUT2D eigenvalue weighted by molar-refractivity contribution is -0.137. The Morgan fingerprint density at radius 2 is 1.96 bits per heavy atom. The number of carbonyl (C=O) groups excluding carboxylic acids is 2. The van der Waals surface area contributed by atoms with E-state index in [9.17, 15) is 22.8 Å². The number of carbonyl (C=O) groups is 2. The molecule has 0 fully saturated rings. The minimum absolute atomic E-state index is 0.119. The largest absolute Gasteiger partial charge is 0.462 e. The fourth-order valence-electron chi connectivity index (χ4n) is 3.09. The molecule has 1 aromatic heterocycles. The third-order valence-electron chi connectivity index (χ3n) is 4.33. The van der Waals surface area contributed by atoms with E-state index in [-0.39, 0.29) is 12.2 Å². The number of benzene rings is 1. The smallest absolute Gasteiger partial charge is 0.416 e. The number of esters is 1. The first-order valence-electron chi connectivity index (χ1n) is 8.61. The summed E-state index contributed by atoms with van der Waals surface area (Å²) in [7, 11) is 0. The van der Waals surface area contributed by atoms with Gasteiger partial charge in [0.15, 0.2) is 0 Å². The lowest BCUT2D eigenvalue weighted by Crippen LogP contribution is -2.16. The molecule has 144 valence electrons. The summed E-state index contributed by atoms with van der Waals surface area (Å²) in [6.45, 7) is 1.89. The molecule has 1 N–H and O–H groups in total. The number of aryl methyl sites for hydroxylation is 1. The number of ether oxygens (including phenoxy) is 1. The highest BCUT2D eigenvalue weighted by molar-refractivity contribution is 7.17. The van der Waals surface area contributed by atoms with Crippen molar-refractivity contribution in [1.29, 1.82) is 0 Å². The molecule has 0 radical (unpaired) electrons. The Hall–Kier alpha value is -2.35. The number of nitrogens with one attached hydrogen (secondary N) is 1. The van der Waals surface area contributed by atoms with Crippen molar-refractivity contribution < 1.29 is 27.5 Å². The summed E-state index contributed by atoms with van der Waals surface area (Å²) >= 11 is 1.29. The summed E-state index contributed by atoms with van der Waals surface area (Å²) in [5.41, 5.74) is 0.193. The monoisotopic (exact) mass is 397 g/mol. The SMILES string of the molecule is CCOC(=O)c1c(NC(=O)c2cccc(C(F)(F)F)c2)sc2c1CCCC2. The van der Waals surface area contributed by atoms with Crippen LogP contribution in [0, 0.1) is 0 Å². The van der Waals surface area contributed by atoms with Crippen LogP contribution in [0.15, 0.2) is 24.3 Å². The summed E-state index contributed by atoms with van der Waals surface area (Å²) in [6, 6.07) is 4.20. The lowest BCUT2D eigenvalue weighted by atomic mass is 9.95. The molecular formula is C19H18F3NO3S. The molecule has 0 saturated heterocycles. The third kappa shape index (κ3) is 4.16. The molecule has 3 rings (SSSR count). The number of halogens is 3. The molecule has 1 aliphatic rings. The van der Waals surface area contributed by atoms with Crippen molar-refractivity contribution in [3.8, 4) is 0 Å². The molecule has 1 aliphatic carbocycles. The van der Waals surface area contributed by atoms with Gasteiger partial charge in [0.2, 0.25) is 0 Å². The third-order valence-corrected chi connectivity index (χ3v) is 5.54. The number of thiophene rings is 1. The average molecular weight is 397 g/mol. The van der Waals surface area contributed by atoms with Crippen molar-refractivity contribution in [2.75, 3.05) is 11.9 Å². The van der Waals surface area contributed by atoms with E-state index in [1.165, 1.54) is 23.5 Å². The zero-order valence-corrected chi connectivity index (χ0v) is 15.4. The second-order valence-corrected chi connectivity index (χ2v) is 7.27. The number of hydrogen-bond acceptors (Lipinski definition) is 4. The Labute approximate surface area is 158 Å². The number of anilines is 1. The van der Waals surface area contributed by atoms with Crippen LogP contribution in [0.1, 0.15) is 56.5 Å². The summed E-state index contributed by atoms with van der Waals surface area (Å²) in [6.07, 6.45) is -1.06.